The van der Waals surface area contributed by atoms with Gasteiger partial charge in [-0.05, 0) is 12.8 Å². The molecule has 20 heavy (non-hydrogen) atoms. The predicted octanol–water partition coefficient (Wildman–Crippen LogP) is 2.66. The molecule has 1 aromatic carbocycles. The second kappa shape index (κ2) is 7.24. The lowest BCUT2D eigenvalue weighted by Gasteiger charge is -2.15. The average molecular weight is 280 g/mol. The molecule has 2 rings (SSSR count). The summed E-state index contributed by atoms with van der Waals surface area (Å²) in [6, 6.07) is 3.61. The van der Waals surface area contributed by atoms with Crippen molar-refractivity contribution in [2.75, 3.05) is 38.4 Å². The third-order valence-corrected chi connectivity index (χ3v) is 3.63. The minimum absolute atomic E-state index is 0.444. The highest BCUT2D eigenvalue weighted by atomic mass is 16.5. The smallest absolute Gasteiger partial charge is 0.162 e. The second-order valence-corrected chi connectivity index (χ2v) is 5.00. The lowest BCUT2D eigenvalue weighted by molar-refractivity contribution is 0.0659. The summed E-state index contributed by atoms with van der Waals surface area (Å²) >= 11 is 0. The van der Waals surface area contributed by atoms with E-state index in [4.69, 9.17) is 19.9 Å². The molecule has 0 atom stereocenters. The zero-order chi connectivity index (χ0) is 14.4. The quantitative estimate of drug-likeness (QED) is 0.594. The third kappa shape index (κ3) is 3.70. The van der Waals surface area contributed by atoms with Gasteiger partial charge in [-0.1, -0.05) is 12.8 Å². The number of benzene rings is 1. The predicted molar refractivity (Wildman–Crippen MR) is 80.7 cm³/mol. The minimum Gasteiger partial charge on any atom is -0.493 e. The fourth-order valence-corrected chi connectivity index (χ4v) is 2.51. The van der Waals surface area contributed by atoms with E-state index in [-0.39, 0.29) is 0 Å². The van der Waals surface area contributed by atoms with E-state index in [1.165, 1.54) is 25.7 Å². The van der Waals surface area contributed by atoms with E-state index >= 15 is 0 Å². The van der Waals surface area contributed by atoms with E-state index in [1.54, 1.807) is 20.3 Å². The van der Waals surface area contributed by atoms with Crippen molar-refractivity contribution in [1.82, 2.24) is 0 Å². The number of anilines is 2. The molecule has 1 saturated carbocycles. The van der Waals surface area contributed by atoms with Crippen LogP contribution in [0.2, 0.25) is 0 Å². The molecule has 1 aliphatic rings. The normalized spacial score (nSPS) is 15.3. The Morgan fingerprint density at radius 3 is 2.45 bits per heavy atom. The number of ether oxygens (including phenoxy) is 3. The molecule has 0 radical (unpaired) electrons. The second-order valence-electron chi connectivity index (χ2n) is 5.00. The van der Waals surface area contributed by atoms with E-state index in [0.29, 0.717) is 29.9 Å². The molecule has 1 aromatic rings. The molecule has 3 N–H and O–H groups in total. The van der Waals surface area contributed by atoms with Gasteiger partial charge >= 0.3 is 0 Å². The Morgan fingerprint density at radius 2 is 1.80 bits per heavy atom. The first-order valence-corrected chi connectivity index (χ1v) is 7.11. The van der Waals surface area contributed by atoms with Crippen LogP contribution in [0.5, 0.6) is 11.5 Å². The van der Waals surface area contributed by atoms with Crippen molar-refractivity contribution >= 4 is 11.4 Å². The van der Waals surface area contributed by atoms with Gasteiger partial charge in [0, 0.05) is 18.7 Å². The maximum absolute atomic E-state index is 5.99. The van der Waals surface area contributed by atoms with Gasteiger partial charge in [0.15, 0.2) is 11.5 Å². The van der Waals surface area contributed by atoms with Crippen LogP contribution in [0.25, 0.3) is 0 Å². The summed E-state index contributed by atoms with van der Waals surface area (Å²) in [5.74, 6) is 1.30. The monoisotopic (exact) mass is 280 g/mol. The number of nitrogens with two attached hydrogens (primary N) is 1. The van der Waals surface area contributed by atoms with Gasteiger partial charge in [0.2, 0.25) is 0 Å². The van der Waals surface area contributed by atoms with E-state index in [1.807, 2.05) is 6.07 Å². The summed E-state index contributed by atoms with van der Waals surface area (Å²) in [7, 11) is 3.21. The molecule has 0 bridgehead atoms. The highest BCUT2D eigenvalue weighted by Crippen LogP contribution is 2.34. The number of hydrogen-bond donors (Lipinski definition) is 2. The van der Waals surface area contributed by atoms with E-state index < -0.39 is 0 Å². The molecule has 0 unspecified atom stereocenters. The summed E-state index contributed by atoms with van der Waals surface area (Å²) in [6.07, 6.45) is 5.41. The van der Waals surface area contributed by atoms with Crippen LogP contribution in [0.4, 0.5) is 11.4 Å². The van der Waals surface area contributed by atoms with Crippen LogP contribution >= 0.6 is 0 Å². The summed E-state index contributed by atoms with van der Waals surface area (Å²) in [5, 5.41) is 3.28. The first-order valence-electron chi connectivity index (χ1n) is 7.11. The summed E-state index contributed by atoms with van der Waals surface area (Å²) in [6.45, 7) is 1.43. The number of nitrogens with one attached hydrogen (secondary N) is 1. The number of nitrogen functional groups attached to an aromatic ring is 1. The lowest BCUT2D eigenvalue weighted by atomic mass is 10.2. The van der Waals surface area contributed by atoms with Crippen molar-refractivity contribution in [3.8, 4) is 11.5 Å². The molecular formula is C15H24N2O3. The molecular weight excluding hydrogens is 256 g/mol. The van der Waals surface area contributed by atoms with Gasteiger partial charge in [-0.2, -0.15) is 0 Å². The molecule has 0 saturated heterocycles. The average Bonchev–Trinajstić information content (AvgIpc) is 2.97. The summed E-state index contributed by atoms with van der Waals surface area (Å²) in [5.41, 5.74) is 7.47. The van der Waals surface area contributed by atoms with Crippen LogP contribution in [-0.4, -0.2) is 33.5 Å². The number of hydrogen-bond acceptors (Lipinski definition) is 5. The highest BCUT2D eigenvalue weighted by Gasteiger charge is 2.15. The maximum atomic E-state index is 5.99. The highest BCUT2D eigenvalue weighted by molar-refractivity contribution is 5.72. The summed E-state index contributed by atoms with van der Waals surface area (Å²) < 4.78 is 16.3. The molecule has 0 aliphatic heterocycles. The first kappa shape index (κ1) is 14.8. The van der Waals surface area contributed by atoms with Crippen LogP contribution in [0.15, 0.2) is 12.1 Å². The van der Waals surface area contributed by atoms with Gasteiger partial charge in [-0.25, -0.2) is 0 Å². The molecule has 5 heteroatoms. The van der Waals surface area contributed by atoms with Crippen molar-refractivity contribution < 1.29 is 14.2 Å². The van der Waals surface area contributed by atoms with Crippen LogP contribution < -0.4 is 20.5 Å². The fourth-order valence-electron chi connectivity index (χ4n) is 2.51. The van der Waals surface area contributed by atoms with Crippen molar-refractivity contribution in [2.45, 2.75) is 31.8 Å². The molecule has 5 nitrogen and oxygen atoms in total. The van der Waals surface area contributed by atoms with Gasteiger partial charge in [-0.3, -0.25) is 0 Å². The molecule has 0 aromatic heterocycles. The first-order chi connectivity index (χ1) is 9.74. The minimum atomic E-state index is 0.444. The molecule has 1 fully saturated rings. The Bertz CT molecular complexity index is 431. The van der Waals surface area contributed by atoms with Gasteiger partial charge in [0.25, 0.3) is 0 Å². The van der Waals surface area contributed by atoms with Gasteiger partial charge in [0.1, 0.15) is 0 Å². The van der Waals surface area contributed by atoms with Crippen molar-refractivity contribution in [3.05, 3.63) is 12.1 Å². The van der Waals surface area contributed by atoms with Crippen molar-refractivity contribution in [3.63, 3.8) is 0 Å². The SMILES string of the molecule is COc1cc(N)c(NCCOC2CCCC2)cc1OC. The van der Waals surface area contributed by atoms with E-state index in [0.717, 1.165) is 12.2 Å². The fraction of sp³-hybridized carbons (Fsp3) is 0.600. The van der Waals surface area contributed by atoms with E-state index in [9.17, 15) is 0 Å². The third-order valence-electron chi connectivity index (χ3n) is 3.63. The Hall–Kier alpha value is -1.62. The Kier molecular flexibility index (Phi) is 5.35. The summed E-state index contributed by atoms with van der Waals surface area (Å²) in [4.78, 5) is 0. The maximum Gasteiger partial charge on any atom is 0.162 e. The Balaban J connectivity index is 1.85. The van der Waals surface area contributed by atoms with Crippen molar-refractivity contribution in [1.29, 1.82) is 0 Å². The molecule has 0 amide bonds. The van der Waals surface area contributed by atoms with Crippen LogP contribution in [0.1, 0.15) is 25.7 Å². The number of rotatable bonds is 7. The van der Waals surface area contributed by atoms with Gasteiger partial charge < -0.3 is 25.3 Å². The van der Waals surface area contributed by atoms with Crippen LogP contribution in [0.3, 0.4) is 0 Å². The van der Waals surface area contributed by atoms with Crippen LogP contribution in [-0.2, 0) is 4.74 Å². The molecule has 112 valence electrons. The zero-order valence-corrected chi connectivity index (χ0v) is 12.3. The number of methoxy groups -OCH3 is 2. The topological polar surface area (TPSA) is 65.7 Å². The zero-order valence-electron chi connectivity index (χ0n) is 12.3. The lowest BCUT2D eigenvalue weighted by Crippen LogP contribution is -2.16. The Morgan fingerprint density at radius 1 is 1.15 bits per heavy atom. The van der Waals surface area contributed by atoms with Gasteiger partial charge in [-0.15, -0.1) is 0 Å². The largest absolute Gasteiger partial charge is 0.493 e. The molecule has 0 heterocycles. The standard InChI is InChI=1S/C15H24N2O3/c1-18-14-9-12(16)13(10-15(14)19-2)17-7-8-20-11-5-3-4-6-11/h9-11,17H,3-8,16H2,1-2H3. The molecule has 1 aliphatic carbocycles. The molecule has 0 spiro atoms. The van der Waals surface area contributed by atoms with E-state index in [2.05, 4.69) is 5.32 Å². The van der Waals surface area contributed by atoms with Crippen molar-refractivity contribution in [2.24, 2.45) is 0 Å². The van der Waals surface area contributed by atoms with Crippen LogP contribution in [0, 0.1) is 0 Å². The Labute approximate surface area is 120 Å². The van der Waals surface area contributed by atoms with Gasteiger partial charge in [0.05, 0.1) is 38.3 Å².